The molecule has 5 aliphatic carbocycles. The van der Waals surface area contributed by atoms with E-state index >= 15 is 0 Å². The van der Waals surface area contributed by atoms with Crippen LogP contribution < -0.4 is 5.32 Å². The van der Waals surface area contributed by atoms with Crippen LogP contribution in [0.2, 0.25) is 0 Å². The van der Waals surface area contributed by atoms with Gasteiger partial charge in [-0.05, 0) is 117 Å². The summed E-state index contributed by atoms with van der Waals surface area (Å²) >= 11 is 0. The van der Waals surface area contributed by atoms with Crippen LogP contribution in [-0.2, 0) is 9.59 Å². The normalized spacial score (nSPS) is 38.3. The van der Waals surface area contributed by atoms with Crippen LogP contribution in [-0.4, -0.2) is 18.2 Å². The highest BCUT2D eigenvalue weighted by Gasteiger charge is 2.71. The zero-order chi connectivity index (χ0) is 36.9. The monoisotopic (exact) mass is 706 g/mol. The molecule has 0 aromatic rings. The third kappa shape index (κ3) is 7.86. The summed E-state index contributed by atoms with van der Waals surface area (Å²) < 4.78 is 0. The minimum absolute atomic E-state index is 0.200. The fourth-order valence-electron chi connectivity index (χ4n) is 14.4. The highest BCUT2D eigenvalue weighted by molar-refractivity contribution is 5.85. The maximum absolute atomic E-state index is 14.4. The average molecular weight is 706 g/mol. The van der Waals surface area contributed by atoms with Crippen LogP contribution in [0.5, 0.6) is 0 Å². The summed E-state index contributed by atoms with van der Waals surface area (Å²) in [5.74, 6) is 3.51. The molecule has 5 fully saturated rings. The van der Waals surface area contributed by atoms with E-state index in [4.69, 9.17) is 0 Å². The number of allylic oxidation sites excluding steroid dienone is 1. The largest absolute Gasteiger partial charge is 0.356 e. The molecule has 0 heterocycles. The molecule has 4 unspecified atom stereocenters. The molecule has 1 N–H and O–H groups in total. The molecule has 5 aliphatic rings. The van der Waals surface area contributed by atoms with Crippen molar-refractivity contribution in [2.24, 2.45) is 56.7 Å². The van der Waals surface area contributed by atoms with Crippen molar-refractivity contribution >= 4 is 11.7 Å². The molecule has 292 valence electrons. The number of fused-ring (bicyclic) bond motifs is 7. The van der Waals surface area contributed by atoms with Gasteiger partial charge in [-0.2, -0.15) is 0 Å². The molecular formula is C48H83NO2. The molecule has 0 aromatic heterocycles. The third-order valence-electron chi connectivity index (χ3n) is 17.6. The van der Waals surface area contributed by atoms with E-state index in [2.05, 4.69) is 60.4 Å². The SMILES string of the molecule is C=C(C)[C@@H]1CC[C@]2(C(=O)NCCCCCCCCCCCCCCCCCC)CC[C@@]3(C)C(CCC4[C@@]5(C)CCC(=O)C(C)(C)C5CC[C@]43C)C12. The Bertz CT molecular complexity index is 1190. The average Bonchev–Trinajstić information content (AvgIpc) is 3.50. The molecule has 3 heteroatoms. The topological polar surface area (TPSA) is 46.2 Å². The predicted octanol–water partition coefficient (Wildman–Crippen LogP) is 13.6. The number of amides is 1. The van der Waals surface area contributed by atoms with Gasteiger partial charge in [0.05, 0.1) is 5.41 Å². The van der Waals surface area contributed by atoms with Crippen LogP contribution in [0.25, 0.3) is 0 Å². The van der Waals surface area contributed by atoms with Gasteiger partial charge in [-0.25, -0.2) is 0 Å². The number of hydrogen-bond acceptors (Lipinski definition) is 2. The summed E-state index contributed by atoms with van der Waals surface area (Å²) in [5, 5.41) is 3.55. The Morgan fingerprint density at radius 2 is 1.24 bits per heavy atom. The van der Waals surface area contributed by atoms with Crippen molar-refractivity contribution in [3.05, 3.63) is 12.2 Å². The van der Waals surface area contributed by atoms with Crippen LogP contribution in [0.1, 0.15) is 215 Å². The van der Waals surface area contributed by atoms with Crippen molar-refractivity contribution in [1.29, 1.82) is 0 Å². The Kier molecular flexibility index (Phi) is 13.8. The standard InChI is InChI=1S/C48H83NO2/c1-9-10-11-12-13-14-15-16-17-18-19-20-21-22-23-24-35-49-43(51)48-32-27-37(36(2)3)42(48)38-25-26-40-45(6)30-29-41(50)44(4,5)39(45)28-31-47(40,8)46(38,7)33-34-48/h37-40,42H,2,9-35H2,1,3-8H3,(H,49,51)/t37-,38?,39?,40?,42?,45-,46-,47+,48-/m0/s1. The van der Waals surface area contributed by atoms with Crippen molar-refractivity contribution in [2.45, 2.75) is 215 Å². The Labute approximate surface area is 316 Å². The van der Waals surface area contributed by atoms with E-state index in [9.17, 15) is 9.59 Å². The summed E-state index contributed by atoms with van der Waals surface area (Å²) in [6.07, 6.45) is 33.2. The van der Waals surface area contributed by atoms with Gasteiger partial charge >= 0.3 is 0 Å². The maximum Gasteiger partial charge on any atom is 0.226 e. The lowest BCUT2D eigenvalue weighted by Gasteiger charge is -2.72. The van der Waals surface area contributed by atoms with Crippen molar-refractivity contribution < 1.29 is 9.59 Å². The fourth-order valence-corrected chi connectivity index (χ4v) is 14.4. The van der Waals surface area contributed by atoms with E-state index in [1.807, 2.05) is 0 Å². The Morgan fingerprint density at radius 3 is 1.80 bits per heavy atom. The second kappa shape index (κ2) is 17.1. The Balaban J connectivity index is 1.10. The molecule has 0 spiro atoms. The van der Waals surface area contributed by atoms with E-state index in [1.165, 1.54) is 134 Å². The third-order valence-corrected chi connectivity index (χ3v) is 17.6. The van der Waals surface area contributed by atoms with E-state index in [0.717, 1.165) is 45.1 Å². The first-order valence-corrected chi connectivity index (χ1v) is 22.8. The number of unbranched alkanes of at least 4 members (excludes halogenated alkanes) is 15. The van der Waals surface area contributed by atoms with Crippen LogP contribution in [0.15, 0.2) is 12.2 Å². The van der Waals surface area contributed by atoms with E-state index in [1.54, 1.807) is 0 Å². The zero-order valence-corrected chi connectivity index (χ0v) is 35.0. The van der Waals surface area contributed by atoms with Crippen LogP contribution in [0.3, 0.4) is 0 Å². The molecule has 0 saturated heterocycles. The molecule has 3 nitrogen and oxygen atoms in total. The minimum Gasteiger partial charge on any atom is -0.356 e. The van der Waals surface area contributed by atoms with E-state index in [0.29, 0.717) is 41.3 Å². The Morgan fingerprint density at radius 1 is 0.667 bits per heavy atom. The molecule has 5 saturated carbocycles. The smallest absolute Gasteiger partial charge is 0.226 e. The summed E-state index contributed by atoms with van der Waals surface area (Å²) in [7, 11) is 0. The number of Topliss-reactive ketones (excluding diaryl/α,β-unsaturated/α-hetero) is 1. The first-order valence-electron chi connectivity index (χ1n) is 22.8. The zero-order valence-electron chi connectivity index (χ0n) is 35.0. The molecule has 1 amide bonds. The van der Waals surface area contributed by atoms with Crippen molar-refractivity contribution in [2.75, 3.05) is 6.54 Å². The van der Waals surface area contributed by atoms with Crippen LogP contribution in [0, 0.1) is 56.7 Å². The lowest BCUT2D eigenvalue weighted by molar-refractivity contribution is -0.233. The molecule has 51 heavy (non-hydrogen) atoms. The molecule has 0 aliphatic heterocycles. The molecule has 9 atom stereocenters. The summed E-state index contributed by atoms with van der Waals surface area (Å²) in [4.78, 5) is 27.6. The van der Waals surface area contributed by atoms with Gasteiger partial charge in [-0.15, -0.1) is 0 Å². The molecule has 5 rings (SSSR count). The predicted molar refractivity (Wildman–Crippen MR) is 217 cm³/mol. The summed E-state index contributed by atoms with van der Waals surface area (Å²) in [6.45, 7) is 22.4. The highest BCUT2D eigenvalue weighted by Crippen LogP contribution is 2.77. The number of rotatable bonds is 19. The lowest BCUT2D eigenvalue weighted by atomic mass is 9.32. The van der Waals surface area contributed by atoms with Gasteiger partial charge in [-0.3, -0.25) is 9.59 Å². The van der Waals surface area contributed by atoms with Crippen molar-refractivity contribution in [3.63, 3.8) is 0 Å². The number of nitrogens with one attached hydrogen (secondary N) is 1. The molecule has 0 aromatic carbocycles. The van der Waals surface area contributed by atoms with Gasteiger partial charge in [0.25, 0.3) is 0 Å². The van der Waals surface area contributed by atoms with Crippen LogP contribution in [0.4, 0.5) is 0 Å². The first kappa shape index (κ1) is 41.1. The van der Waals surface area contributed by atoms with Gasteiger partial charge in [0, 0.05) is 18.4 Å². The summed E-state index contributed by atoms with van der Waals surface area (Å²) in [6, 6.07) is 0. The minimum atomic E-state index is -0.216. The van der Waals surface area contributed by atoms with Gasteiger partial charge in [0.1, 0.15) is 5.78 Å². The molecule has 0 radical (unpaired) electrons. The van der Waals surface area contributed by atoms with Gasteiger partial charge < -0.3 is 5.32 Å². The first-order chi connectivity index (χ1) is 24.3. The fraction of sp³-hybridized carbons (Fsp3) is 0.917. The van der Waals surface area contributed by atoms with Crippen LogP contribution >= 0.6 is 0 Å². The van der Waals surface area contributed by atoms with Gasteiger partial charge in [0.2, 0.25) is 5.91 Å². The van der Waals surface area contributed by atoms with E-state index in [-0.39, 0.29) is 27.1 Å². The maximum atomic E-state index is 14.4. The second-order valence-electron chi connectivity index (χ2n) is 20.5. The van der Waals surface area contributed by atoms with Crippen molar-refractivity contribution in [1.82, 2.24) is 5.32 Å². The Hall–Kier alpha value is -1.12. The molecule has 0 bridgehead atoms. The number of ketones is 1. The number of carbonyl (C=O) groups is 2. The van der Waals surface area contributed by atoms with Crippen molar-refractivity contribution in [3.8, 4) is 0 Å². The lowest BCUT2D eigenvalue weighted by Crippen LogP contribution is -2.67. The number of carbonyl (C=O) groups excluding carboxylic acids is 2. The van der Waals surface area contributed by atoms with Gasteiger partial charge in [0.15, 0.2) is 0 Å². The number of hydrogen-bond donors (Lipinski definition) is 1. The second-order valence-corrected chi connectivity index (χ2v) is 20.5. The quantitative estimate of drug-likeness (QED) is 0.107. The van der Waals surface area contributed by atoms with E-state index < -0.39 is 0 Å². The highest BCUT2D eigenvalue weighted by atomic mass is 16.2. The molecular weight excluding hydrogens is 623 g/mol. The summed E-state index contributed by atoms with van der Waals surface area (Å²) in [5.41, 5.74) is 1.63. The van der Waals surface area contributed by atoms with Gasteiger partial charge in [-0.1, -0.05) is 150 Å².